The second-order valence-corrected chi connectivity index (χ2v) is 4.83. The molecule has 0 atom stereocenters. The number of rotatable bonds is 4. The number of carbonyl (C=O) groups excluding carboxylic acids is 1. The van der Waals surface area contributed by atoms with Crippen molar-refractivity contribution in [3.63, 3.8) is 0 Å². The number of hydrogen-bond acceptors (Lipinski definition) is 4. The Morgan fingerprint density at radius 3 is 2.95 bits per heavy atom. The highest BCUT2D eigenvalue weighted by atomic mass is 32.2. The van der Waals surface area contributed by atoms with Crippen LogP contribution in [0.2, 0.25) is 0 Å². The van der Waals surface area contributed by atoms with Gasteiger partial charge in [0.2, 0.25) is 5.91 Å². The van der Waals surface area contributed by atoms with Gasteiger partial charge in [-0.05, 0) is 6.07 Å². The lowest BCUT2D eigenvalue weighted by Gasteiger charge is -2.10. The van der Waals surface area contributed by atoms with Crippen LogP contribution in [0.4, 0.5) is 8.78 Å². The van der Waals surface area contributed by atoms with E-state index >= 15 is 0 Å². The van der Waals surface area contributed by atoms with Gasteiger partial charge in [0.25, 0.3) is 0 Å². The van der Waals surface area contributed by atoms with Crippen LogP contribution >= 0.6 is 11.8 Å². The average molecular weight is 286 g/mol. The predicted octanol–water partition coefficient (Wildman–Crippen LogP) is 2.05. The number of thioether (sulfide) groups is 1. The Bertz CT molecular complexity index is 494. The molecule has 2 rings (SSSR count). The second kappa shape index (κ2) is 6.51. The molecule has 0 unspecified atom stereocenters. The van der Waals surface area contributed by atoms with Crippen molar-refractivity contribution >= 4 is 22.8 Å². The van der Waals surface area contributed by atoms with Crippen LogP contribution in [0.3, 0.4) is 0 Å². The molecule has 19 heavy (non-hydrogen) atoms. The molecule has 0 bridgehead atoms. The number of ether oxygens (including phenoxy) is 1. The summed E-state index contributed by atoms with van der Waals surface area (Å²) in [5, 5.41) is 3.22. The largest absolute Gasteiger partial charge is 0.435 e. The molecule has 1 aromatic carbocycles. The molecule has 1 aromatic rings. The molecule has 1 N–H and O–H groups in total. The van der Waals surface area contributed by atoms with Gasteiger partial charge in [-0.3, -0.25) is 9.79 Å². The number of benzene rings is 1. The molecule has 7 heteroatoms. The average Bonchev–Trinajstić information content (AvgIpc) is 2.83. The van der Waals surface area contributed by atoms with Gasteiger partial charge in [-0.2, -0.15) is 8.78 Å². The van der Waals surface area contributed by atoms with Crippen LogP contribution in [-0.2, 0) is 11.2 Å². The van der Waals surface area contributed by atoms with Gasteiger partial charge in [0.1, 0.15) is 5.75 Å². The van der Waals surface area contributed by atoms with Gasteiger partial charge >= 0.3 is 6.61 Å². The third-order valence-corrected chi connectivity index (χ3v) is 3.26. The van der Waals surface area contributed by atoms with E-state index < -0.39 is 6.61 Å². The van der Waals surface area contributed by atoms with Crippen molar-refractivity contribution in [3.05, 3.63) is 29.8 Å². The topological polar surface area (TPSA) is 50.7 Å². The molecule has 0 aromatic heterocycles. The molecule has 0 fully saturated rings. The van der Waals surface area contributed by atoms with Crippen LogP contribution in [0.5, 0.6) is 5.75 Å². The summed E-state index contributed by atoms with van der Waals surface area (Å²) in [7, 11) is 0. The molecule has 0 saturated heterocycles. The number of hydrogen-bond donors (Lipinski definition) is 1. The highest BCUT2D eigenvalue weighted by molar-refractivity contribution is 8.14. The summed E-state index contributed by atoms with van der Waals surface area (Å²) in [4.78, 5) is 15.8. The molecule has 0 saturated carbocycles. The predicted molar refractivity (Wildman–Crippen MR) is 69.7 cm³/mol. The Balaban J connectivity index is 1.99. The summed E-state index contributed by atoms with van der Waals surface area (Å²) in [6, 6.07) is 6.25. The van der Waals surface area contributed by atoms with Gasteiger partial charge in [-0.15, -0.1) is 0 Å². The third-order valence-electron chi connectivity index (χ3n) is 2.37. The Morgan fingerprint density at radius 2 is 2.26 bits per heavy atom. The van der Waals surface area contributed by atoms with E-state index in [4.69, 9.17) is 0 Å². The van der Waals surface area contributed by atoms with Gasteiger partial charge in [0.05, 0.1) is 13.0 Å². The number of amidine groups is 1. The minimum atomic E-state index is -2.90. The van der Waals surface area contributed by atoms with Gasteiger partial charge in [-0.25, -0.2) is 0 Å². The van der Waals surface area contributed by atoms with Gasteiger partial charge in [-0.1, -0.05) is 30.0 Å². The van der Waals surface area contributed by atoms with Crippen molar-refractivity contribution in [2.75, 3.05) is 12.3 Å². The van der Waals surface area contributed by atoms with E-state index in [0.29, 0.717) is 17.3 Å². The van der Waals surface area contributed by atoms with E-state index in [-0.39, 0.29) is 18.1 Å². The molecule has 1 aliphatic rings. The standard InChI is InChI=1S/C12H12F2N2O2S/c13-11(14)18-9-4-2-1-3-8(9)7-10(17)16-12-15-5-6-19-12/h1-4,11H,5-7H2,(H,15,16,17). The SMILES string of the molecule is O=C(Cc1ccccc1OC(F)F)NC1=NCCS1. The summed E-state index contributed by atoms with van der Waals surface area (Å²) in [6.45, 7) is -2.22. The summed E-state index contributed by atoms with van der Waals surface area (Å²) >= 11 is 1.46. The number of amides is 1. The number of halogens is 2. The number of para-hydroxylation sites is 1. The maximum absolute atomic E-state index is 12.2. The van der Waals surface area contributed by atoms with E-state index in [0.717, 1.165) is 5.75 Å². The summed E-state index contributed by atoms with van der Waals surface area (Å²) in [6.07, 6.45) is -0.0253. The maximum Gasteiger partial charge on any atom is 0.387 e. The van der Waals surface area contributed by atoms with Crippen LogP contribution in [0.1, 0.15) is 5.56 Å². The normalized spacial score (nSPS) is 14.4. The smallest absolute Gasteiger partial charge is 0.387 e. The Hall–Kier alpha value is -1.63. The van der Waals surface area contributed by atoms with E-state index in [9.17, 15) is 13.6 Å². The number of carbonyl (C=O) groups is 1. The first kappa shape index (κ1) is 13.8. The van der Waals surface area contributed by atoms with Crippen LogP contribution in [0.15, 0.2) is 29.3 Å². The first-order valence-electron chi connectivity index (χ1n) is 5.65. The highest BCUT2D eigenvalue weighted by Crippen LogP contribution is 2.20. The minimum Gasteiger partial charge on any atom is -0.435 e. The Kier molecular flexibility index (Phi) is 4.73. The van der Waals surface area contributed by atoms with Crippen molar-refractivity contribution in [1.29, 1.82) is 0 Å². The first-order valence-corrected chi connectivity index (χ1v) is 6.63. The van der Waals surface area contributed by atoms with Gasteiger partial charge in [0, 0.05) is 11.3 Å². The van der Waals surface area contributed by atoms with Crippen molar-refractivity contribution in [1.82, 2.24) is 5.32 Å². The Labute approximate surface area is 113 Å². The second-order valence-electron chi connectivity index (χ2n) is 3.75. The van der Waals surface area contributed by atoms with Crippen LogP contribution in [0.25, 0.3) is 0 Å². The van der Waals surface area contributed by atoms with Crippen LogP contribution in [-0.4, -0.2) is 30.0 Å². The molecule has 4 nitrogen and oxygen atoms in total. The highest BCUT2D eigenvalue weighted by Gasteiger charge is 2.15. The Morgan fingerprint density at radius 1 is 1.47 bits per heavy atom. The number of alkyl halides is 2. The van der Waals surface area contributed by atoms with E-state index in [1.807, 2.05) is 0 Å². The fraction of sp³-hybridized carbons (Fsp3) is 0.333. The summed E-state index contributed by atoms with van der Waals surface area (Å²) in [5.41, 5.74) is 0.420. The molecule has 102 valence electrons. The zero-order chi connectivity index (χ0) is 13.7. The molecule has 0 aliphatic carbocycles. The molecule has 1 amide bonds. The van der Waals surface area contributed by atoms with Gasteiger partial charge < -0.3 is 10.1 Å². The number of aliphatic imine (C=N–C) groups is 1. The number of nitrogens with one attached hydrogen (secondary N) is 1. The molecule has 0 radical (unpaired) electrons. The van der Waals surface area contributed by atoms with Crippen LogP contribution in [0, 0.1) is 0 Å². The zero-order valence-electron chi connectivity index (χ0n) is 9.94. The van der Waals surface area contributed by atoms with Crippen molar-refractivity contribution in [2.45, 2.75) is 13.0 Å². The molecular formula is C12H12F2N2O2S. The van der Waals surface area contributed by atoms with Crippen molar-refractivity contribution in [3.8, 4) is 5.75 Å². The number of nitrogens with zero attached hydrogens (tertiary/aromatic N) is 1. The van der Waals surface area contributed by atoms with Crippen molar-refractivity contribution < 1.29 is 18.3 Å². The monoisotopic (exact) mass is 286 g/mol. The van der Waals surface area contributed by atoms with E-state index in [2.05, 4.69) is 15.0 Å². The molecular weight excluding hydrogens is 274 g/mol. The quantitative estimate of drug-likeness (QED) is 0.921. The van der Waals surface area contributed by atoms with Gasteiger partial charge in [0.15, 0.2) is 5.17 Å². The van der Waals surface area contributed by atoms with E-state index in [1.165, 1.54) is 17.8 Å². The lowest BCUT2D eigenvalue weighted by molar-refractivity contribution is -0.119. The molecule has 1 aliphatic heterocycles. The first-order chi connectivity index (χ1) is 9.15. The fourth-order valence-electron chi connectivity index (χ4n) is 1.61. The molecule has 0 spiro atoms. The van der Waals surface area contributed by atoms with E-state index in [1.54, 1.807) is 18.2 Å². The molecule has 1 heterocycles. The minimum absolute atomic E-state index is 0.0219. The van der Waals surface area contributed by atoms with Crippen LogP contribution < -0.4 is 10.1 Å². The lowest BCUT2D eigenvalue weighted by atomic mass is 10.1. The van der Waals surface area contributed by atoms with Crippen molar-refractivity contribution in [2.24, 2.45) is 4.99 Å². The summed E-state index contributed by atoms with van der Waals surface area (Å²) in [5.74, 6) is 0.577. The zero-order valence-corrected chi connectivity index (χ0v) is 10.8. The lowest BCUT2D eigenvalue weighted by Crippen LogP contribution is -2.29. The fourth-order valence-corrected chi connectivity index (χ4v) is 2.35. The summed E-state index contributed by atoms with van der Waals surface area (Å²) < 4.78 is 28.8. The third kappa shape index (κ3) is 4.20. The maximum atomic E-state index is 12.2.